The molecule has 2 heterocycles. The number of anilines is 2. The van der Waals surface area contributed by atoms with Crippen LogP contribution in [0.3, 0.4) is 0 Å². The molecule has 18 heavy (non-hydrogen) atoms. The molecule has 0 bridgehead atoms. The van der Waals surface area contributed by atoms with E-state index in [9.17, 15) is 14.7 Å². The van der Waals surface area contributed by atoms with Gasteiger partial charge in [-0.3, -0.25) is 4.79 Å². The van der Waals surface area contributed by atoms with E-state index in [1.165, 1.54) is 0 Å². The first-order chi connectivity index (χ1) is 8.15. The maximum Gasteiger partial charge on any atom is 1.00 e. The average molecular weight is 238 g/mol. The van der Waals surface area contributed by atoms with Crippen molar-refractivity contribution < 1.29 is 33.6 Å². The van der Waals surface area contributed by atoms with Crippen LogP contribution in [0.1, 0.15) is 17.9 Å². The van der Waals surface area contributed by atoms with E-state index in [0.717, 1.165) is 16.9 Å². The number of carboxylic acid groups (broad SMARTS) is 1. The second-order valence-corrected chi connectivity index (χ2v) is 4.44. The first-order valence-electron chi connectivity index (χ1n) is 5.52. The number of hydrogen-bond donors (Lipinski definition) is 1. The molecule has 1 amide bonds. The molecule has 0 radical (unpaired) electrons. The third-order valence-electron chi connectivity index (χ3n) is 3.30. The monoisotopic (exact) mass is 238 g/mol. The van der Waals surface area contributed by atoms with Crippen molar-refractivity contribution in [2.45, 2.75) is 12.3 Å². The number of benzene rings is 1. The fourth-order valence-electron chi connectivity index (χ4n) is 2.72. The topological polar surface area (TPSA) is 72.5 Å². The molecule has 0 fully saturated rings. The normalized spacial score (nSPS) is 19.9. The molecule has 88 valence electrons. The molecule has 6 heteroatoms. The predicted molar refractivity (Wildman–Crippen MR) is 59.6 cm³/mol. The fourth-order valence-corrected chi connectivity index (χ4v) is 2.72. The molecular weight excluding hydrogens is 227 g/mol. The van der Waals surface area contributed by atoms with Gasteiger partial charge in [0.15, 0.2) is 0 Å². The van der Waals surface area contributed by atoms with Crippen molar-refractivity contribution in [3.63, 3.8) is 0 Å². The molecule has 1 N–H and O–H groups in total. The van der Waals surface area contributed by atoms with Crippen LogP contribution in [0.15, 0.2) is 18.2 Å². The summed E-state index contributed by atoms with van der Waals surface area (Å²) in [7, 11) is 0. The molecule has 1 aromatic carbocycles. The summed E-state index contributed by atoms with van der Waals surface area (Å²) in [5, 5.41) is 13.5. The largest absolute Gasteiger partial charge is 1.00 e. The predicted octanol–water partition coefficient (Wildman–Crippen LogP) is -3.31. The van der Waals surface area contributed by atoms with Gasteiger partial charge < -0.3 is 20.1 Å². The zero-order valence-electron chi connectivity index (χ0n) is 10.1. The summed E-state index contributed by atoms with van der Waals surface area (Å²) in [6, 6.07) is 5.56. The Morgan fingerprint density at radius 2 is 2.28 bits per heavy atom. The van der Waals surface area contributed by atoms with Crippen LogP contribution in [-0.4, -0.2) is 25.0 Å². The number of rotatable bonds is 2. The van der Waals surface area contributed by atoms with E-state index in [2.05, 4.69) is 5.32 Å². The third kappa shape index (κ3) is 2.00. The Labute approximate surface area is 116 Å². The van der Waals surface area contributed by atoms with Gasteiger partial charge in [0.25, 0.3) is 0 Å². The van der Waals surface area contributed by atoms with Crippen LogP contribution < -0.4 is 34.2 Å². The summed E-state index contributed by atoms with van der Waals surface area (Å²) in [4.78, 5) is 23.9. The van der Waals surface area contributed by atoms with Crippen LogP contribution >= 0.6 is 0 Å². The first-order valence-corrected chi connectivity index (χ1v) is 5.52. The molecule has 2 aliphatic heterocycles. The maximum absolute atomic E-state index is 11.5. The molecule has 1 unspecified atom stereocenters. The molecule has 1 atom stereocenters. The van der Waals surface area contributed by atoms with Crippen molar-refractivity contribution in [3.8, 4) is 0 Å². The number of hydrogen-bond acceptors (Lipinski definition) is 4. The summed E-state index contributed by atoms with van der Waals surface area (Å²) in [6.07, 6.45) is 0.424. The molecule has 0 spiro atoms. The Morgan fingerprint density at radius 1 is 1.50 bits per heavy atom. The van der Waals surface area contributed by atoms with Crippen molar-refractivity contribution >= 4 is 23.3 Å². The number of carbonyl (C=O) groups is 2. The van der Waals surface area contributed by atoms with Crippen molar-refractivity contribution in [2.24, 2.45) is 0 Å². The van der Waals surface area contributed by atoms with Crippen LogP contribution in [0, 0.1) is 0 Å². The van der Waals surface area contributed by atoms with E-state index in [1.54, 1.807) is 4.90 Å². The Balaban J connectivity index is 0.00000120. The minimum Gasteiger partial charge on any atom is -0.548 e. The van der Waals surface area contributed by atoms with Crippen molar-refractivity contribution in [2.75, 3.05) is 23.3 Å². The van der Waals surface area contributed by atoms with Crippen LogP contribution in [0.25, 0.3) is 0 Å². The van der Waals surface area contributed by atoms with Gasteiger partial charge in [-0.05, 0) is 12.1 Å². The van der Waals surface area contributed by atoms with E-state index in [0.29, 0.717) is 13.0 Å². The number of nitrogens with one attached hydrogen (secondary N) is 1. The SMILES string of the molecule is O=C([O-])CN1CC2CC(=O)Nc3cccc1c32.[Li+]. The number of carbonyl (C=O) groups excluding carboxylic acids is 2. The van der Waals surface area contributed by atoms with Gasteiger partial charge in [0.05, 0.1) is 12.5 Å². The first kappa shape index (κ1) is 13.0. The summed E-state index contributed by atoms with van der Waals surface area (Å²) in [5.41, 5.74) is 2.77. The van der Waals surface area contributed by atoms with Gasteiger partial charge in [-0.15, -0.1) is 0 Å². The molecule has 1 aromatic rings. The van der Waals surface area contributed by atoms with E-state index in [4.69, 9.17) is 0 Å². The Morgan fingerprint density at radius 3 is 3.00 bits per heavy atom. The Bertz CT molecular complexity index is 518. The van der Waals surface area contributed by atoms with Crippen molar-refractivity contribution in [1.82, 2.24) is 0 Å². The van der Waals surface area contributed by atoms with Crippen molar-refractivity contribution in [1.29, 1.82) is 0 Å². The van der Waals surface area contributed by atoms with Gasteiger partial charge in [0.2, 0.25) is 5.91 Å². The second kappa shape index (κ2) is 4.67. The summed E-state index contributed by atoms with van der Waals surface area (Å²) in [5.74, 6) is -0.996. The van der Waals surface area contributed by atoms with Crippen LogP contribution in [0.5, 0.6) is 0 Å². The molecule has 0 saturated heterocycles. The molecule has 0 saturated carbocycles. The quantitative estimate of drug-likeness (QED) is 0.547. The van der Waals surface area contributed by atoms with Crippen LogP contribution in [-0.2, 0) is 9.59 Å². The zero-order valence-corrected chi connectivity index (χ0v) is 10.1. The second-order valence-electron chi connectivity index (χ2n) is 4.44. The summed E-state index contributed by atoms with van der Waals surface area (Å²) >= 11 is 0. The molecule has 3 rings (SSSR count). The molecule has 0 aliphatic carbocycles. The van der Waals surface area contributed by atoms with E-state index in [1.807, 2.05) is 18.2 Å². The number of amides is 1. The van der Waals surface area contributed by atoms with Gasteiger partial charge in [0.1, 0.15) is 0 Å². The molecule has 0 aromatic heterocycles. The molecular formula is C12H11LiN2O3. The third-order valence-corrected chi connectivity index (χ3v) is 3.30. The van der Waals surface area contributed by atoms with Crippen LogP contribution in [0.4, 0.5) is 11.4 Å². The standard InChI is InChI=1S/C12H12N2O3.Li/c15-10-4-7-5-14(6-11(16)17)9-3-1-2-8(13-10)12(7)9;/h1-3,7H,4-6H2,(H,13,15)(H,16,17);/q;+1/p-1. The zero-order chi connectivity index (χ0) is 12.0. The summed E-state index contributed by atoms with van der Waals surface area (Å²) < 4.78 is 0. The number of nitrogens with zero attached hydrogens (tertiary/aromatic N) is 1. The van der Waals surface area contributed by atoms with E-state index >= 15 is 0 Å². The van der Waals surface area contributed by atoms with Crippen LogP contribution in [0.2, 0.25) is 0 Å². The minimum atomic E-state index is -1.10. The average Bonchev–Trinajstić information content (AvgIpc) is 2.57. The maximum atomic E-state index is 11.5. The number of carboxylic acids is 1. The van der Waals surface area contributed by atoms with Gasteiger partial charge in [0, 0.05) is 35.8 Å². The summed E-state index contributed by atoms with van der Waals surface area (Å²) in [6.45, 7) is 0.453. The minimum absolute atomic E-state index is 0. The van der Waals surface area contributed by atoms with E-state index in [-0.39, 0.29) is 37.2 Å². The molecule has 5 nitrogen and oxygen atoms in total. The Hall–Kier alpha value is -1.44. The molecule has 2 aliphatic rings. The van der Waals surface area contributed by atoms with E-state index < -0.39 is 5.97 Å². The van der Waals surface area contributed by atoms with Gasteiger partial charge in [-0.1, -0.05) is 6.07 Å². The van der Waals surface area contributed by atoms with Crippen molar-refractivity contribution in [3.05, 3.63) is 23.8 Å². The number of aliphatic carboxylic acids is 1. The van der Waals surface area contributed by atoms with Gasteiger partial charge in [-0.2, -0.15) is 0 Å². The fraction of sp³-hybridized carbons (Fsp3) is 0.333. The van der Waals surface area contributed by atoms with Gasteiger partial charge in [-0.25, -0.2) is 0 Å². The smallest absolute Gasteiger partial charge is 0.548 e. The van der Waals surface area contributed by atoms with Gasteiger partial charge >= 0.3 is 18.9 Å². The Kier molecular flexibility index (Phi) is 3.38.